The molecule has 8 nitrogen and oxygen atoms in total. The molecule has 1 fully saturated rings. The van der Waals surface area contributed by atoms with Crippen LogP contribution in [0, 0.1) is 0 Å². The molecule has 10 heteroatoms. The topological polar surface area (TPSA) is 113 Å². The van der Waals surface area contributed by atoms with Gasteiger partial charge in [-0.05, 0) is 43.2 Å². The zero-order valence-corrected chi connectivity index (χ0v) is 17.2. The van der Waals surface area contributed by atoms with Gasteiger partial charge in [-0.15, -0.1) is 4.40 Å². The second-order valence-corrected chi connectivity index (χ2v) is 10.6. The summed E-state index contributed by atoms with van der Waals surface area (Å²) in [7, 11) is -7.17. The highest BCUT2D eigenvalue weighted by Gasteiger charge is 2.39. The summed E-state index contributed by atoms with van der Waals surface area (Å²) in [4.78, 5) is 14.9. The minimum absolute atomic E-state index is 0.110. The molecule has 0 saturated carbocycles. The average Bonchev–Trinajstić information content (AvgIpc) is 3.24. The first-order chi connectivity index (χ1) is 13.7. The first kappa shape index (κ1) is 19.6. The van der Waals surface area contributed by atoms with Gasteiger partial charge in [0.1, 0.15) is 10.9 Å². The molecule has 1 amide bonds. The number of hydrogen-bond acceptors (Lipinski definition) is 6. The fraction of sp³-hybridized carbons (Fsp3) is 0.263. The number of anilines is 1. The lowest BCUT2D eigenvalue weighted by Crippen LogP contribution is -2.43. The van der Waals surface area contributed by atoms with Gasteiger partial charge in [0.05, 0.1) is 4.90 Å². The van der Waals surface area contributed by atoms with Gasteiger partial charge < -0.3 is 10.2 Å². The number of benzene rings is 2. The number of carbonyl (C=O) groups is 1. The lowest BCUT2D eigenvalue weighted by Gasteiger charge is -2.25. The smallest absolute Gasteiger partial charge is 0.285 e. The molecule has 0 aliphatic carbocycles. The van der Waals surface area contributed by atoms with Crippen LogP contribution in [0.25, 0.3) is 0 Å². The van der Waals surface area contributed by atoms with Crippen LogP contribution >= 0.6 is 0 Å². The van der Waals surface area contributed by atoms with Crippen LogP contribution in [0.2, 0.25) is 0 Å². The third-order valence-corrected chi connectivity index (χ3v) is 7.41. The summed E-state index contributed by atoms with van der Waals surface area (Å²) in [5, 5.41) is 2.75. The normalized spacial score (nSPS) is 20.2. The van der Waals surface area contributed by atoms with Gasteiger partial charge in [-0.1, -0.05) is 18.2 Å². The highest BCUT2D eigenvalue weighted by molar-refractivity contribution is 7.91. The maximum absolute atomic E-state index is 12.9. The van der Waals surface area contributed by atoms with E-state index in [4.69, 9.17) is 0 Å². The summed E-state index contributed by atoms with van der Waals surface area (Å²) in [5.41, 5.74) is 0.859. The molecule has 1 N–H and O–H groups in total. The molecular weight excluding hydrogens is 414 g/mol. The van der Waals surface area contributed by atoms with Crippen LogP contribution < -0.4 is 5.32 Å². The van der Waals surface area contributed by atoms with Crippen molar-refractivity contribution in [2.45, 2.75) is 28.7 Å². The lowest BCUT2D eigenvalue weighted by atomic mass is 10.1. The lowest BCUT2D eigenvalue weighted by molar-refractivity contribution is -0.119. The van der Waals surface area contributed by atoms with E-state index in [1.807, 2.05) is 0 Å². The number of carbonyl (C=O) groups excluding carboxylic acids is 1. The summed E-state index contributed by atoms with van der Waals surface area (Å²) < 4.78 is 52.1. The van der Waals surface area contributed by atoms with Gasteiger partial charge >= 0.3 is 0 Å². The van der Waals surface area contributed by atoms with Crippen LogP contribution in [-0.2, 0) is 24.7 Å². The van der Waals surface area contributed by atoms with Crippen molar-refractivity contribution in [3.8, 4) is 0 Å². The molecule has 1 saturated heterocycles. The summed E-state index contributed by atoms with van der Waals surface area (Å²) in [6.07, 6.45) is 2.35. The molecule has 2 aliphatic rings. The zero-order valence-electron chi connectivity index (χ0n) is 15.6. The molecule has 1 atom stereocenters. The highest BCUT2D eigenvalue weighted by Crippen LogP contribution is 2.31. The standard InChI is InChI=1S/C19H19N3O5S2/c1-28(24,25)14-7-4-6-13(12-14)20-19(23)16-9-5-11-22(16)18-15-8-2-3-10-17(15)29(26,27)21-18/h2-4,6-8,10,12,16H,5,9,11H2,1H3,(H,20,23)/t16-/m0/s1. The number of fused-ring (bicyclic) bond motifs is 1. The average molecular weight is 434 g/mol. The van der Waals surface area contributed by atoms with Crippen molar-refractivity contribution >= 4 is 37.3 Å². The Morgan fingerprint density at radius 1 is 1.17 bits per heavy atom. The largest absolute Gasteiger partial charge is 0.343 e. The first-order valence-corrected chi connectivity index (χ1v) is 12.3. The number of sulfonamides is 1. The fourth-order valence-electron chi connectivity index (χ4n) is 3.62. The summed E-state index contributed by atoms with van der Waals surface area (Å²) in [6.45, 7) is 0.504. The third-order valence-electron chi connectivity index (χ3n) is 4.97. The van der Waals surface area contributed by atoms with E-state index in [1.54, 1.807) is 35.2 Å². The fourth-order valence-corrected chi connectivity index (χ4v) is 5.50. The Morgan fingerprint density at radius 3 is 2.69 bits per heavy atom. The van der Waals surface area contributed by atoms with E-state index in [0.717, 1.165) is 6.26 Å². The van der Waals surface area contributed by atoms with Crippen LogP contribution in [0.3, 0.4) is 0 Å². The highest BCUT2D eigenvalue weighted by atomic mass is 32.2. The van der Waals surface area contributed by atoms with Gasteiger partial charge in [0.25, 0.3) is 10.0 Å². The molecule has 0 bridgehead atoms. The second-order valence-electron chi connectivity index (χ2n) is 7.03. The van der Waals surface area contributed by atoms with Gasteiger partial charge in [0.15, 0.2) is 15.7 Å². The molecule has 29 heavy (non-hydrogen) atoms. The van der Waals surface area contributed by atoms with Gasteiger partial charge in [0, 0.05) is 24.1 Å². The summed E-state index contributed by atoms with van der Waals surface area (Å²) >= 11 is 0. The molecule has 0 spiro atoms. The van der Waals surface area contributed by atoms with Crippen LogP contribution in [0.1, 0.15) is 18.4 Å². The van der Waals surface area contributed by atoms with Crippen molar-refractivity contribution in [3.63, 3.8) is 0 Å². The summed E-state index contributed by atoms with van der Waals surface area (Å²) in [6, 6.07) is 12.0. The van der Waals surface area contributed by atoms with Gasteiger partial charge in [-0.3, -0.25) is 4.79 Å². The number of amides is 1. The molecule has 2 aromatic rings. The third kappa shape index (κ3) is 3.65. The van der Waals surface area contributed by atoms with E-state index in [0.29, 0.717) is 30.6 Å². The Morgan fingerprint density at radius 2 is 1.93 bits per heavy atom. The molecule has 2 aliphatic heterocycles. The Balaban J connectivity index is 1.61. The Hall–Kier alpha value is -2.72. The quantitative estimate of drug-likeness (QED) is 0.787. The predicted octanol–water partition coefficient (Wildman–Crippen LogP) is 1.64. The monoisotopic (exact) mass is 433 g/mol. The SMILES string of the molecule is CS(=O)(=O)c1cccc(NC(=O)[C@@H]2CCCN2C2=NS(=O)(=O)c3ccccc32)c1. The second kappa shape index (κ2) is 6.96. The zero-order chi connectivity index (χ0) is 20.8. The Kier molecular flexibility index (Phi) is 4.70. The number of nitrogens with zero attached hydrogens (tertiary/aromatic N) is 2. The Bertz CT molecular complexity index is 1240. The van der Waals surface area contributed by atoms with E-state index in [1.165, 1.54) is 18.2 Å². The number of amidine groups is 1. The van der Waals surface area contributed by atoms with Crippen molar-refractivity contribution in [1.82, 2.24) is 4.90 Å². The van der Waals surface area contributed by atoms with E-state index < -0.39 is 25.9 Å². The molecule has 4 rings (SSSR count). The van der Waals surface area contributed by atoms with Crippen molar-refractivity contribution in [3.05, 3.63) is 54.1 Å². The molecular formula is C19H19N3O5S2. The maximum atomic E-state index is 12.9. The van der Waals surface area contributed by atoms with Gasteiger partial charge in [-0.25, -0.2) is 8.42 Å². The number of likely N-dealkylation sites (tertiary alicyclic amines) is 1. The summed E-state index contributed by atoms with van der Waals surface area (Å²) in [5.74, 6) is -0.0548. The molecule has 152 valence electrons. The number of nitrogens with one attached hydrogen (secondary N) is 1. The van der Waals surface area contributed by atoms with Crippen LogP contribution in [0.4, 0.5) is 5.69 Å². The molecule has 2 aromatic carbocycles. The number of sulfone groups is 1. The molecule has 2 heterocycles. The van der Waals surface area contributed by atoms with Crippen molar-refractivity contribution in [2.24, 2.45) is 4.40 Å². The molecule has 0 radical (unpaired) electrons. The maximum Gasteiger partial charge on any atom is 0.285 e. The minimum Gasteiger partial charge on any atom is -0.343 e. The molecule has 0 aromatic heterocycles. The minimum atomic E-state index is -3.77. The number of rotatable bonds is 3. The first-order valence-electron chi connectivity index (χ1n) is 8.99. The van der Waals surface area contributed by atoms with Gasteiger partial charge in [-0.2, -0.15) is 8.42 Å². The molecule has 0 unspecified atom stereocenters. The van der Waals surface area contributed by atoms with Gasteiger partial charge in [0.2, 0.25) is 5.91 Å². The predicted molar refractivity (Wildman–Crippen MR) is 108 cm³/mol. The van der Waals surface area contributed by atoms with E-state index >= 15 is 0 Å². The van der Waals surface area contributed by atoms with E-state index in [9.17, 15) is 21.6 Å². The number of hydrogen-bond donors (Lipinski definition) is 1. The van der Waals surface area contributed by atoms with Crippen LogP contribution in [0.15, 0.2) is 62.7 Å². The van der Waals surface area contributed by atoms with Crippen LogP contribution in [0.5, 0.6) is 0 Å². The van der Waals surface area contributed by atoms with E-state index in [2.05, 4.69) is 9.71 Å². The van der Waals surface area contributed by atoms with Crippen LogP contribution in [-0.4, -0.2) is 52.3 Å². The van der Waals surface area contributed by atoms with Crippen molar-refractivity contribution in [1.29, 1.82) is 0 Å². The Labute approximate surface area is 169 Å². The van der Waals surface area contributed by atoms with E-state index in [-0.39, 0.29) is 21.5 Å². The van der Waals surface area contributed by atoms with Crippen molar-refractivity contribution < 1.29 is 21.6 Å². The van der Waals surface area contributed by atoms with Crippen molar-refractivity contribution in [2.75, 3.05) is 18.1 Å².